The number of nitrogens with one attached hydrogen (secondary N) is 1. The highest BCUT2D eigenvalue weighted by Gasteiger charge is 2.21. The molecular weight excluding hydrogens is 308 g/mol. The standard InChI is InChI=1S/C22H26N2O/c25-22(23-21-9-5-7-18-6-1-2-8-20(18)21)19-12-10-17(11-13-19)16-24-14-3-4-15-24/h1-2,6,8,10-13,21H,3-5,7,9,14-16H2,(H,23,25)/t21-/m1/s1. The summed E-state index contributed by atoms with van der Waals surface area (Å²) in [5.74, 6) is 0.0365. The summed E-state index contributed by atoms with van der Waals surface area (Å²) in [6.45, 7) is 3.39. The Balaban J connectivity index is 1.41. The molecule has 2 aromatic carbocycles. The molecule has 0 bridgehead atoms. The molecule has 2 aliphatic rings. The molecule has 1 N–H and O–H groups in total. The largest absolute Gasteiger partial charge is 0.345 e. The number of carbonyl (C=O) groups excluding carboxylic acids is 1. The number of fused-ring (bicyclic) bond motifs is 1. The first-order valence-electron chi connectivity index (χ1n) is 9.49. The van der Waals surface area contributed by atoms with Gasteiger partial charge in [0.1, 0.15) is 0 Å². The third kappa shape index (κ3) is 3.77. The van der Waals surface area contributed by atoms with Crippen LogP contribution in [0.25, 0.3) is 0 Å². The quantitative estimate of drug-likeness (QED) is 0.913. The highest BCUT2D eigenvalue weighted by atomic mass is 16.1. The molecule has 0 aromatic heterocycles. The molecule has 1 saturated heterocycles. The summed E-state index contributed by atoms with van der Waals surface area (Å²) in [5, 5.41) is 3.23. The van der Waals surface area contributed by atoms with E-state index in [0.717, 1.165) is 31.4 Å². The van der Waals surface area contributed by atoms with Crippen LogP contribution in [-0.2, 0) is 13.0 Å². The number of nitrogens with zero attached hydrogens (tertiary/aromatic N) is 1. The fourth-order valence-electron chi connectivity index (χ4n) is 4.11. The van der Waals surface area contributed by atoms with E-state index in [1.54, 1.807) is 0 Å². The summed E-state index contributed by atoms with van der Waals surface area (Å²) in [4.78, 5) is 15.1. The highest BCUT2D eigenvalue weighted by Crippen LogP contribution is 2.29. The van der Waals surface area contributed by atoms with Gasteiger partial charge in [0.25, 0.3) is 5.91 Å². The van der Waals surface area contributed by atoms with Crippen LogP contribution in [0.5, 0.6) is 0 Å². The fraction of sp³-hybridized carbons (Fsp3) is 0.409. The number of aryl methyl sites for hydroxylation is 1. The Morgan fingerprint density at radius 2 is 1.76 bits per heavy atom. The first-order chi connectivity index (χ1) is 12.3. The second kappa shape index (κ2) is 7.40. The number of benzene rings is 2. The molecule has 25 heavy (non-hydrogen) atoms. The van der Waals surface area contributed by atoms with Crippen molar-refractivity contribution >= 4 is 5.91 Å². The van der Waals surface area contributed by atoms with Crippen molar-refractivity contribution in [3.05, 3.63) is 70.8 Å². The summed E-state index contributed by atoms with van der Waals surface area (Å²) in [6, 6.07) is 16.8. The summed E-state index contributed by atoms with van der Waals surface area (Å²) in [6.07, 6.45) is 5.90. The molecular formula is C22H26N2O. The first-order valence-corrected chi connectivity index (χ1v) is 9.49. The molecule has 1 aliphatic carbocycles. The second-order valence-corrected chi connectivity index (χ2v) is 7.30. The maximum absolute atomic E-state index is 12.7. The predicted octanol–water partition coefficient (Wildman–Crippen LogP) is 4.09. The predicted molar refractivity (Wildman–Crippen MR) is 101 cm³/mol. The zero-order chi connectivity index (χ0) is 17.1. The molecule has 1 heterocycles. The smallest absolute Gasteiger partial charge is 0.251 e. The van der Waals surface area contributed by atoms with Crippen LogP contribution in [-0.4, -0.2) is 23.9 Å². The molecule has 0 saturated carbocycles. The van der Waals surface area contributed by atoms with Crippen LogP contribution >= 0.6 is 0 Å². The number of rotatable bonds is 4. The lowest BCUT2D eigenvalue weighted by atomic mass is 9.87. The molecule has 2 aromatic rings. The minimum Gasteiger partial charge on any atom is -0.345 e. The maximum Gasteiger partial charge on any atom is 0.251 e. The van der Waals surface area contributed by atoms with Gasteiger partial charge in [-0.3, -0.25) is 9.69 Å². The average molecular weight is 334 g/mol. The summed E-state index contributed by atoms with van der Waals surface area (Å²) in [5.41, 5.74) is 4.71. The normalized spacial score (nSPS) is 20.2. The van der Waals surface area contributed by atoms with Gasteiger partial charge in [-0.05, 0) is 74.0 Å². The van der Waals surface area contributed by atoms with E-state index in [4.69, 9.17) is 0 Å². The molecule has 4 rings (SSSR count). The van der Waals surface area contributed by atoms with E-state index in [9.17, 15) is 4.79 Å². The van der Waals surface area contributed by atoms with Gasteiger partial charge in [0.15, 0.2) is 0 Å². The molecule has 0 unspecified atom stereocenters. The number of hydrogen-bond acceptors (Lipinski definition) is 2. The van der Waals surface area contributed by atoms with Gasteiger partial charge in [0.2, 0.25) is 0 Å². The van der Waals surface area contributed by atoms with E-state index < -0.39 is 0 Å². The Bertz CT molecular complexity index is 732. The molecule has 3 nitrogen and oxygen atoms in total. The van der Waals surface area contributed by atoms with Gasteiger partial charge in [0.05, 0.1) is 6.04 Å². The van der Waals surface area contributed by atoms with Gasteiger partial charge < -0.3 is 5.32 Å². The summed E-state index contributed by atoms with van der Waals surface area (Å²) >= 11 is 0. The third-order valence-corrected chi connectivity index (χ3v) is 5.50. The number of amides is 1. The van der Waals surface area contributed by atoms with Crippen LogP contribution in [0.15, 0.2) is 48.5 Å². The lowest BCUT2D eigenvalue weighted by molar-refractivity contribution is 0.0932. The van der Waals surface area contributed by atoms with Crippen molar-refractivity contribution in [1.29, 1.82) is 0 Å². The molecule has 130 valence electrons. The Morgan fingerprint density at radius 3 is 2.56 bits per heavy atom. The van der Waals surface area contributed by atoms with E-state index in [0.29, 0.717) is 0 Å². The van der Waals surface area contributed by atoms with E-state index >= 15 is 0 Å². The van der Waals surface area contributed by atoms with Gasteiger partial charge in [-0.1, -0.05) is 36.4 Å². The topological polar surface area (TPSA) is 32.3 Å². The van der Waals surface area contributed by atoms with Gasteiger partial charge >= 0.3 is 0 Å². The zero-order valence-electron chi connectivity index (χ0n) is 14.7. The van der Waals surface area contributed by atoms with Crippen molar-refractivity contribution in [2.24, 2.45) is 0 Å². The van der Waals surface area contributed by atoms with Gasteiger partial charge in [-0.2, -0.15) is 0 Å². The molecule has 1 aliphatic heterocycles. The fourth-order valence-corrected chi connectivity index (χ4v) is 4.11. The van der Waals surface area contributed by atoms with Crippen LogP contribution < -0.4 is 5.32 Å². The zero-order valence-corrected chi connectivity index (χ0v) is 14.7. The SMILES string of the molecule is O=C(N[C@@H]1CCCc2ccccc21)c1ccc(CN2CCCC2)cc1. The van der Waals surface area contributed by atoms with E-state index in [1.165, 1.54) is 42.6 Å². The number of carbonyl (C=O) groups is 1. The van der Waals surface area contributed by atoms with Crippen LogP contribution in [0.2, 0.25) is 0 Å². The summed E-state index contributed by atoms with van der Waals surface area (Å²) < 4.78 is 0. The summed E-state index contributed by atoms with van der Waals surface area (Å²) in [7, 11) is 0. The Labute approximate surface area is 150 Å². The van der Waals surface area contributed by atoms with Crippen molar-refractivity contribution in [2.45, 2.75) is 44.7 Å². The van der Waals surface area contributed by atoms with E-state index in [-0.39, 0.29) is 11.9 Å². The minimum atomic E-state index is 0.0365. The Morgan fingerprint density at radius 1 is 1.00 bits per heavy atom. The van der Waals surface area contributed by atoms with Gasteiger partial charge in [0, 0.05) is 12.1 Å². The molecule has 0 spiro atoms. The lowest BCUT2D eigenvalue weighted by Crippen LogP contribution is -2.31. The minimum absolute atomic E-state index is 0.0365. The molecule has 1 amide bonds. The van der Waals surface area contributed by atoms with E-state index in [2.05, 4.69) is 46.6 Å². The number of likely N-dealkylation sites (tertiary alicyclic amines) is 1. The van der Waals surface area contributed by atoms with Gasteiger partial charge in [-0.15, -0.1) is 0 Å². The Hall–Kier alpha value is -2.13. The first kappa shape index (κ1) is 16.3. The van der Waals surface area contributed by atoms with Crippen molar-refractivity contribution in [2.75, 3.05) is 13.1 Å². The van der Waals surface area contributed by atoms with Crippen molar-refractivity contribution in [3.63, 3.8) is 0 Å². The highest BCUT2D eigenvalue weighted by molar-refractivity contribution is 5.94. The van der Waals surface area contributed by atoms with Crippen LogP contribution in [0.1, 0.15) is 58.8 Å². The van der Waals surface area contributed by atoms with Crippen LogP contribution in [0.3, 0.4) is 0 Å². The van der Waals surface area contributed by atoms with Crippen molar-refractivity contribution in [3.8, 4) is 0 Å². The third-order valence-electron chi connectivity index (χ3n) is 5.50. The molecule has 1 fully saturated rings. The van der Waals surface area contributed by atoms with Crippen molar-refractivity contribution in [1.82, 2.24) is 10.2 Å². The Kier molecular flexibility index (Phi) is 4.84. The van der Waals surface area contributed by atoms with Gasteiger partial charge in [-0.25, -0.2) is 0 Å². The monoisotopic (exact) mass is 334 g/mol. The lowest BCUT2D eigenvalue weighted by Gasteiger charge is -2.26. The van der Waals surface area contributed by atoms with E-state index in [1.807, 2.05) is 12.1 Å². The number of hydrogen-bond donors (Lipinski definition) is 1. The second-order valence-electron chi connectivity index (χ2n) is 7.30. The molecule has 1 atom stereocenters. The van der Waals surface area contributed by atoms with Crippen LogP contribution in [0, 0.1) is 0 Å². The maximum atomic E-state index is 12.7. The molecule has 0 radical (unpaired) electrons. The molecule has 3 heteroatoms. The van der Waals surface area contributed by atoms with Crippen molar-refractivity contribution < 1.29 is 4.79 Å². The average Bonchev–Trinajstić information content (AvgIpc) is 3.16. The van der Waals surface area contributed by atoms with Crippen LogP contribution in [0.4, 0.5) is 0 Å².